The summed E-state index contributed by atoms with van der Waals surface area (Å²) in [6, 6.07) is 11.9. The number of rotatable bonds is 9. The predicted molar refractivity (Wildman–Crippen MR) is 144 cm³/mol. The molecule has 1 aliphatic heterocycles. The molecule has 0 bridgehead atoms. The van der Waals surface area contributed by atoms with Crippen LogP contribution in [0.3, 0.4) is 0 Å². The summed E-state index contributed by atoms with van der Waals surface area (Å²) in [5.74, 6) is 1.04. The number of carbonyl (C=O) groups excluding carboxylic acids is 2. The fourth-order valence-corrected chi connectivity index (χ4v) is 4.06. The lowest BCUT2D eigenvalue weighted by Gasteiger charge is -2.18. The maximum absolute atomic E-state index is 13.7. The molecule has 10 nitrogen and oxygen atoms in total. The van der Waals surface area contributed by atoms with Gasteiger partial charge in [-0.2, -0.15) is 0 Å². The number of anilines is 1. The Bertz CT molecular complexity index is 1420. The summed E-state index contributed by atoms with van der Waals surface area (Å²) in [5.41, 5.74) is 2.20. The second kappa shape index (κ2) is 12.0. The molecule has 1 amide bonds. The van der Waals surface area contributed by atoms with E-state index < -0.39 is 11.9 Å². The van der Waals surface area contributed by atoms with Gasteiger partial charge in [-0.1, -0.05) is 6.07 Å². The summed E-state index contributed by atoms with van der Waals surface area (Å²) < 4.78 is 32.5. The van der Waals surface area contributed by atoms with Crippen molar-refractivity contribution in [2.24, 2.45) is 0 Å². The minimum absolute atomic E-state index is 0.0380. The molecule has 1 N–H and O–H groups in total. The van der Waals surface area contributed by atoms with Gasteiger partial charge < -0.3 is 33.7 Å². The third-order valence-electron chi connectivity index (χ3n) is 6.02. The Hall–Kier alpha value is -4.99. The number of allylic oxidation sites excluding steroid dienone is 1. The molecule has 1 aromatic heterocycles. The summed E-state index contributed by atoms with van der Waals surface area (Å²) in [6.45, 7) is 1.81. The summed E-state index contributed by atoms with van der Waals surface area (Å²) >= 11 is 0. The molecule has 2 heterocycles. The number of fused-ring (bicyclic) bond motifs is 1. The molecule has 0 saturated carbocycles. The van der Waals surface area contributed by atoms with Crippen molar-refractivity contribution in [3.05, 3.63) is 77.1 Å². The van der Waals surface area contributed by atoms with Gasteiger partial charge >= 0.3 is 5.97 Å². The molecule has 3 aromatic rings. The van der Waals surface area contributed by atoms with E-state index in [4.69, 9.17) is 28.4 Å². The van der Waals surface area contributed by atoms with Crippen molar-refractivity contribution in [2.45, 2.75) is 6.92 Å². The number of methoxy groups -OCH3 is 4. The van der Waals surface area contributed by atoms with E-state index in [1.54, 1.807) is 67.9 Å². The monoisotopic (exact) mass is 532 g/mol. The number of nitrogens with zero attached hydrogens (tertiary/aromatic N) is 1. The molecule has 2 aromatic carbocycles. The van der Waals surface area contributed by atoms with Gasteiger partial charge in [0.2, 0.25) is 12.5 Å². The fraction of sp³-hybridized carbons (Fsp3) is 0.207. The van der Waals surface area contributed by atoms with Crippen LogP contribution in [0.15, 0.2) is 66.0 Å². The molecule has 10 heteroatoms. The second-order valence-corrected chi connectivity index (χ2v) is 8.27. The van der Waals surface area contributed by atoms with Crippen molar-refractivity contribution in [3.63, 3.8) is 0 Å². The summed E-state index contributed by atoms with van der Waals surface area (Å²) in [6.07, 6.45) is 4.69. The zero-order valence-corrected chi connectivity index (χ0v) is 22.2. The highest BCUT2D eigenvalue weighted by molar-refractivity contribution is 6.19. The minimum Gasteiger partial charge on any atom is -0.493 e. The van der Waals surface area contributed by atoms with Crippen LogP contribution in [0.4, 0.5) is 5.69 Å². The molecule has 0 radical (unpaired) electrons. The molecule has 0 fully saturated rings. The lowest BCUT2D eigenvalue weighted by Crippen LogP contribution is -2.21. The van der Waals surface area contributed by atoms with Gasteiger partial charge in [0.1, 0.15) is 0 Å². The van der Waals surface area contributed by atoms with Gasteiger partial charge in [-0.05, 0) is 66.1 Å². The van der Waals surface area contributed by atoms with Crippen LogP contribution in [0, 0.1) is 0 Å². The third kappa shape index (κ3) is 5.80. The zero-order valence-electron chi connectivity index (χ0n) is 22.2. The fourth-order valence-electron chi connectivity index (χ4n) is 4.06. The van der Waals surface area contributed by atoms with E-state index in [-0.39, 0.29) is 17.9 Å². The Balaban J connectivity index is 1.93. The number of pyridine rings is 1. The molecule has 1 aliphatic rings. The first-order valence-corrected chi connectivity index (χ1v) is 11.8. The van der Waals surface area contributed by atoms with Gasteiger partial charge in [0.05, 0.1) is 39.6 Å². The number of aromatic nitrogens is 1. The van der Waals surface area contributed by atoms with Gasteiger partial charge in [0.25, 0.3) is 5.91 Å². The number of hydrogen-bond donors (Lipinski definition) is 1. The van der Waals surface area contributed by atoms with E-state index in [1.807, 2.05) is 0 Å². The van der Waals surface area contributed by atoms with Crippen LogP contribution in [0.5, 0.6) is 28.7 Å². The first-order valence-electron chi connectivity index (χ1n) is 11.8. The summed E-state index contributed by atoms with van der Waals surface area (Å²) in [7, 11) is 5.74. The zero-order chi connectivity index (χ0) is 27.9. The van der Waals surface area contributed by atoms with E-state index in [2.05, 4.69) is 10.3 Å². The Morgan fingerprint density at radius 1 is 0.897 bits per heavy atom. The number of hydrogen-bond acceptors (Lipinski definition) is 9. The Morgan fingerprint density at radius 2 is 1.56 bits per heavy atom. The first-order chi connectivity index (χ1) is 18.9. The van der Waals surface area contributed by atoms with Gasteiger partial charge in [0, 0.05) is 18.1 Å². The number of nitrogens with one attached hydrogen (secondary N) is 1. The van der Waals surface area contributed by atoms with Gasteiger partial charge in [-0.15, -0.1) is 0 Å². The van der Waals surface area contributed by atoms with Crippen LogP contribution < -0.4 is 29.0 Å². The molecule has 0 atom stereocenters. The molecule has 39 heavy (non-hydrogen) atoms. The average molecular weight is 533 g/mol. The van der Waals surface area contributed by atoms with E-state index >= 15 is 0 Å². The summed E-state index contributed by atoms with van der Waals surface area (Å²) in [4.78, 5) is 31.0. The highest BCUT2D eigenvalue weighted by atomic mass is 16.7. The van der Waals surface area contributed by atoms with E-state index in [1.165, 1.54) is 28.4 Å². The van der Waals surface area contributed by atoms with Crippen molar-refractivity contribution in [1.82, 2.24) is 4.98 Å². The number of benzene rings is 2. The minimum atomic E-state index is -0.710. The van der Waals surface area contributed by atoms with Gasteiger partial charge in [-0.3, -0.25) is 9.78 Å². The Morgan fingerprint density at radius 3 is 2.18 bits per heavy atom. The average Bonchev–Trinajstić information content (AvgIpc) is 3.44. The molecular weight excluding hydrogens is 504 g/mol. The van der Waals surface area contributed by atoms with Crippen molar-refractivity contribution < 1.29 is 38.0 Å². The third-order valence-corrected chi connectivity index (χ3v) is 6.02. The maximum Gasteiger partial charge on any atom is 0.338 e. The van der Waals surface area contributed by atoms with Gasteiger partial charge in [0.15, 0.2) is 23.0 Å². The Labute approximate surface area is 225 Å². The smallest absolute Gasteiger partial charge is 0.338 e. The van der Waals surface area contributed by atoms with Crippen molar-refractivity contribution >= 4 is 29.2 Å². The van der Waals surface area contributed by atoms with E-state index in [0.717, 1.165) is 0 Å². The number of carbonyl (C=O) groups is 2. The van der Waals surface area contributed by atoms with Crippen molar-refractivity contribution in [1.29, 1.82) is 0 Å². The Kier molecular flexibility index (Phi) is 8.35. The molecule has 0 unspecified atom stereocenters. The van der Waals surface area contributed by atoms with Crippen LogP contribution in [0.2, 0.25) is 0 Å². The SMILES string of the molecule is COC(=O)C(=C(/C)c1cc(OC)c(OC)c(OC)c1)/C(=C\c1ccc2c(c1)OCO2)C(=O)Nc1ccncc1. The number of amides is 1. The lowest BCUT2D eigenvalue weighted by molar-refractivity contribution is -0.136. The van der Waals surface area contributed by atoms with E-state index in [0.29, 0.717) is 51.1 Å². The standard InChI is InChI=1S/C29H28N2O8/c1-17(19-14-24(34-2)27(36-4)25(15-19)35-3)26(29(33)37-5)21(28(32)31-20-8-10-30-11-9-20)12-18-6-7-22-23(13-18)39-16-38-22/h6-15H,16H2,1-5H3,(H,30,31,32)/b21-12+,26-17-. The van der Waals surface area contributed by atoms with E-state index in [9.17, 15) is 9.59 Å². The van der Waals surface area contributed by atoms with Crippen LogP contribution in [-0.4, -0.2) is 52.1 Å². The quantitative estimate of drug-likeness (QED) is 0.242. The lowest BCUT2D eigenvalue weighted by atomic mass is 9.93. The normalized spacial score (nSPS) is 12.8. The topological polar surface area (TPSA) is 114 Å². The highest BCUT2D eigenvalue weighted by Crippen LogP contribution is 2.41. The van der Waals surface area contributed by atoms with Crippen molar-refractivity contribution in [2.75, 3.05) is 40.5 Å². The molecule has 4 rings (SSSR count). The van der Waals surface area contributed by atoms with Crippen molar-refractivity contribution in [3.8, 4) is 28.7 Å². The molecule has 0 saturated heterocycles. The summed E-state index contributed by atoms with van der Waals surface area (Å²) in [5, 5.41) is 2.83. The number of esters is 1. The molecule has 0 spiro atoms. The number of ether oxygens (including phenoxy) is 6. The molecule has 0 aliphatic carbocycles. The van der Waals surface area contributed by atoms with Crippen LogP contribution in [0.1, 0.15) is 18.1 Å². The second-order valence-electron chi connectivity index (χ2n) is 8.27. The van der Waals surface area contributed by atoms with Crippen LogP contribution in [0.25, 0.3) is 11.6 Å². The first kappa shape index (κ1) is 27.1. The molecule has 202 valence electrons. The maximum atomic E-state index is 13.7. The van der Waals surface area contributed by atoms with Gasteiger partial charge in [-0.25, -0.2) is 4.79 Å². The predicted octanol–water partition coefficient (Wildman–Crippen LogP) is 4.50. The largest absolute Gasteiger partial charge is 0.493 e. The molecular formula is C29H28N2O8. The van der Waals surface area contributed by atoms with Crippen LogP contribution in [-0.2, 0) is 14.3 Å². The van der Waals surface area contributed by atoms with Crippen LogP contribution >= 0.6 is 0 Å². The highest BCUT2D eigenvalue weighted by Gasteiger charge is 2.27.